The van der Waals surface area contributed by atoms with E-state index >= 15 is 0 Å². The van der Waals surface area contributed by atoms with Crippen LogP contribution in [0.3, 0.4) is 0 Å². The number of carboxylic acid groups (broad SMARTS) is 1. The second kappa shape index (κ2) is 8.18. The smallest absolute Gasteiger partial charge is 0.317 e. The molecule has 1 rings (SSSR count). The highest BCUT2D eigenvalue weighted by Crippen LogP contribution is 2.18. The monoisotopic (exact) mass is 300 g/mol. The van der Waals surface area contributed by atoms with Gasteiger partial charge in [-0.3, -0.25) is 4.79 Å². The number of halogens is 2. The minimum absolute atomic E-state index is 0.127. The molecule has 0 aliphatic rings. The Labute approximate surface area is 121 Å². The van der Waals surface area contributed by atoms with Crippen molar-refractivity contribution >= 4 is 12.0 Å². The van der Waals surface area contributed by atoms with Gasteiger partial charge in [-0.15, -0.1) is 0 Å². The zero-order valence-corrected chi connectivity index (χ0v) is 11.6. The normalized spacial score (nSPS) is 12.0. The molecule has 0 fully saturated rings. The number of aliphatic carboxylic acids is 1. The fourth-order valence-electron chi connectivity index (χ4n) is 1.82. The van der Waals surface area contributed by atoms with Gasteiger partial charge in [-0.05, 0) is 12.0 Å². The van der Waals surface area contributed by atoms with Crippen LogP contribution in [0.25, 0.3) is 0 Å². The molecule has 0 aromatic heterocycles. The fourth-order valence-corrected chi connectivity index (χ4v) is 1.82. The zero-order valence-electron chi connectivity index (χ0n) is 11.6. The lowest BCUT2D eigenvalue weighted by atomic mass is 10.0. The number of hydrogen-bond donors (Lipinski definition) is 2. The molecule has 7 heteroatoms. The van der Waals surface area contributed by atoms with Crippen molar-refractivity contribution < 1.29 is 23.5 Å². The van der Waals surface area contributed by atoms with E-state index in [1.165, 1.54) is 7.05 Å². The number of amides is 2. The summed E-state index contributed by atoms with van der Waals surface area (Å²) in [6.07, 6.45) is -2.55. The van der Waals surface area contributed by atoms with Crippen molar-refractivity contribution in [3.8, 4) is 0 Å². The molecule has 0 bridgehead atoms. The average molecular weight is 300 g/mol. The van der Waals surface area contributed by atoms with E-state index in [-0.39, 0.29) is 12.8 Å². The maximum absolute atomic E-state index is 12.3. The summed E-state index contributed by atoms with van der Waals surface area (Å²) < 4.78 is 24.5. The molecule has 0 heterocycles. The molecule has 0 radical (unpaired) electrons. The van der Waals surface area contributed by atoms with Crippen LogP contribution in [0, 0.1) is 0 Å². The van der Waals surface area contributed by atoms with E-state index in [1.807, 2.05) is 0 Å². The first-order chi connectivity index (χ1) is 9.90. The van der Waals surface area contributed by atoms with Gasteiger partial charge in [0.1, 0.15) is 0 Å². The highest BCUT2D eigenvalue weighted by Gasteiger charge is 2.19. The van der Waals surface area contributed by atoms with Gasteiger partial charge in [-0.1, -0.05) is 30.3 Å². The highest BCUT2D eigenvalue weighted by molar-refractivity contribution is 5.74. The maximum atomic E-state index is 12.3. The summed E-state index contributed by atoms with van der Waals surface area (Å²) in [6, 6.07) is 7.63. The first kappa shape index (κ1) is 16.9. The number of urea groups is 1. The Morgan fingerprint density at radius 1 is 1.29 bits per heavy atom. The number of rotatable bonds is 7. The Morgan fingerprint density at radius 3 is 2.43 bits per heavy atom. The number of benzene rings is 1. The fraction of sp³-hybridized carbons (Fsp3) is 0.429. The van der Waals surface area contributed by atoms with Gasteiger partial charge in [0, 0.05) is 13.5 Å². The van der Waals surface area contributed by atoms with Crippen molar-refractivity contribution in [2.45, 2.75) is 25.3 Å². The molecule has 0 spiro atoms. The molecule has 1 aromatic rings. The SMILES string of the molecule is CN(CC(F)F)C(=O)NC(CCC(=O)O)c1ccccc1. The van der Waals surface area contributed by atoms with Crippen LogP contribution in [-0.4, -0.2) is 42.0 Å². The maximum Gasteiger partial charge on any atom is 0.317 e. The molecule has 1 aromatic carbocycles. The van der Waals surface area contributed by atoms with E-state index in [1.54, 1.807) is 30.3 Å². The van der Waals surface area contributed by atoms with E-state index in [0.29, 0.717) is 0 Å². The standard InChI is InChI=1S/C14H18F2N2O3/c1-18(9-12(15)16)14(21)17-11(7-8-13(19)20)10-5-3-2-4-6-10/h2-6,11-12H,7-9H2,1H3,(H,17,21)(H,19,20). The second-order valence-corrected chi connectivity index (χ2v) is 4.62. The summed E-state index contributed by atoms with van der Waals surface area (Å²) in [4.78, 5) is 23.4. The van der Waals surface area contributed by atoms with E-state index < -0.39 is 31.0 Å². The summed E-state index contributed by atoms with van der Waals surface area (Å²) in [5.41, 5.74) is 0.734. The van der Waals surface area contributed by atoms with Gasteiger partial charge in [0.25, 0.3) is 6.43 Å². The van der Waals surface area contributed by atoms with Crippen molar-refractivity contribution in [1.29, 1.82) is 0 Å². The van der Waals surface area contributed by atoms with Crippen molar-refractivity contribution in [1.82, 2.24) is 10.2 Å². The van der Waals surface area contributed by atoms with E-state index in [0.717, 1.165) is 10.5 Å². The number of nitrogens with zero attached hydrogens (tertiary/aromatic N) is 1. The lowest BCUT2D eigenvalue weighted by Crippen LogP contribution is -2.41. The summed E-state index contributed by atoms with van der Waals surface area (Å²) in [5, 5.41) is 11.3. The molecule has 5 nitrogen and oxygen atoms in total. The van der Waals surface area contributed by atoms with Gasteiger partial charge in [0.2, 0.25) is 0 Å². The molecule has 1 atom stereocenters. The van der Waals surface area contributed by atoms with Crippen molar-refractivity contribution in [2.75, 3.05) is 13.6 Å². The largest absolute Gasteiger partial charge is 0.481 e. The van der Waals surface area contributed by atoms with Crippen LogP contribution in [-0.2, 0) is 4.79 Å². The zero-order chi connectivity index (χ0) is 15.8. The second-order valence-electron chi connectivity index (χ2n) is 4.62. The number of carbonyl (C=O) groups is 2. The molecule has 0 saturated carbocycles. The molecule has 21 heavy (non-hydrogen) atoms. The summed E-state index contributed by atoms with van der Waals surface area (Å²) in [5.74, 6) is -0.980. The van der Waals surface area contributed by atoms with Crippen LogP contribution >= 0.6 is 0 Å². The summed E-state index contributed by atoms with van der Waals surface area (Å²) >= 11 is 0. The summed E-state index contributed by atoms with van der Waals surface area (Å²) in [7, 11) is 1.26. The van der Waals surface area contributed by atoms with Crippen LogP contribution in [0.15, 0.2) is 30.3 Å². The third-order valence-electron chi connectivity index (χ3n) is 2.91. The Hall–Kier alpha value is -2.18. The van der Waals surface area contributed by atoms with Crippen LogP contribution in [0.5, 0.6) is 0 Å². The number of hydrogen-bond acceptors (Lipinski definition) is 2. The molecule has 0 aliphatic carbocycles. The van der Waals surface area contributed by atoms with Gasteiger partial charge < -0.3 is 15.3 Å². The number of carbonyl (C=O) groups excluding carboxylic acids is 1. The highest BCUT2D eigenvalue weighted by atomic mass is 19.3. The topological polar surface area (TPSA) is 69.6 Å². The van der Waals surface area contributed by atoms with Crippen LogP contribution in [0.4, 0.5) is 13.6 Å². The predicted molar refractivity (Wildman–Crippen MR) is 73.2 cm³/mol. The van der Waals surface area contributed by atoms with E-state index in [4.69, 9.17) is 5.11 Å². The minimum atomic E-state index is -2.62. The number of alkyl halides is 2. The number of nitrogens with one attached hydrogen (secondary N) is 1. The van der Waals surface area contributed by atoms with Crippen molar-refractivity contribution in [3.05, 3.63) is 35.9 Å². The van der Waals surface area contributed by atoms with Gasteiger partial charge >= 0.3 is 12.0 Å². The molecule has 0 saturated heterocycles. The minimum Gasteiger partial charge on any atom is -0.481 e. The van der Waals surface area contributed by atoms with Crippen molar-refractivity contribution in [3.63, 3.8) is 0 Å². The molecular weight excluding hydrogens is 282 g/mol. The van der Waals surface area contributed by atoms with Crippen molar-refractivity contribution in [2.24, 2.45) is 0 Å². The van der Waals surface area contributed by atoms with E-state index in [2.05, 4.69) is 5.32 Å². The first-order valence-corrected chi connectivity index (χ1v) is 6.46. The van der Waals surface area contributed by atoms with E-state index in [9.17, 15) is 18.4 Å². The molecule has 0 aliphatic heterocycles. The quantitative estimate of drug-likeness (QED) is 0.813. The van der Waals surface area contributed by atoms with Gasteiger partial charge in [-0.25, -0.2) is 13.6 Å². The first-order valence-electron chi connectivity index (χ1n) is 6.46. The third kappa shape index (κ3) is 6.20. The third-order valence-corrected chi connectivity index (χ3v) is 2.91. The molecule has 116 valence electrons. The molecule has 2 N–H and O–H groups in total. The lowest BCUT2D eigenvalue weighted by molar-refractivity contribution is -0.137. The average Bonchev–Trinajstić information content (AvgIpc) is 2.43. The Balaban J connectivity index is 2.73. The summed E-state index contributed by atoms with van der Waals surface area (Å²) in [6.45, 7) is -0.674. The molecule has 2 amide bonds. The van der Waals surface area contributed by atoms with Crippen LogP contribution in [0.1, 0.15) is 24.4 Å². The Morgan fingerprint density at radius 2 is 1.90 bits per heavy atom. The van der Waals surface area contributed by atoms with Crippen LogP contribution < -0.4 is 5.32 Å². The van der Waals surface area contributed by atoms with Gasteiger partial charge in [0.15, 0.2) is 0 Å². The lowest BCUT2D eigenvalue weighted by Gasteiger charge is -2.23. The predicted octanol–water partition coefficient (Wildman–Crippen LogP) is 2.50. The molecule has 1 unspecified atom stereocenters. The van der Waals surface area contributed by atoms with Crippen LogP contribution in [0.2, 0.25) is 0 Å². The number of carboxylic acids is 1. The van der Waals surface area contributed by atoms with Gasteiger partial charge in [-0.2, -0.15) is 0 Å². The molecular formula is C14H18F2N2O3. The van der Waals surface area contributed by atoms with Gasteiger partial charge in [0.05, 0.1) is 12.6 Å². The Kier molecular flexibility index (Phi) is 6.58. The Bertz CT molecular complexity index is 469.